The van der Waals surface area contributed by atoms with Crippen molar-refractivity contribution in [2.24, 2.45) is 0 Å². The van der Waals surface area contributed by atoms with Gasteiger partial charge in [-0.3, -0.25) is 4.98 Å². The average molecular weight is 352 g/mol. The van der Waals surface area contributed by atoms with Gasteiger partial charge in [0.25, 0.3) is 0 Å². The molecule has 0 radical (unpaired) electrons. The minimum absolute atomic E-state index is 0.223. The number of benzene rings is 1. The molecule has 0 spiro atoms. The van der Waals surface area contributed by atoms with E-state index in [0.29, 0.717) is 11.8 Å². The summed E-state index contributed by atoms with van der Waals surface area (Å²) in [6.45, 7) is 3.78. The summed E-state index contributed by atoms with van der Waals surface area (Å²) in [6, 6.07) is 6.87. The van der Waals surface area contributed by atoms with Crippen LogP contribution in [-0.4, -0.2) is 28.2 Å². The molecule has 2 fully saturated rings. The van der Waals surface area contributed by atoms with Crippen LogP contribution < -0.4 is 4.90 Å². The number of pyridine rings is 1. The Morgan fingerprint density at radius 3 is 2.62 bits per heavy atom. The third-order valence-electron chi connectivity index (χ3n) is 5.46. The molecule has 3 aromatic rings. The molecule has 2 aromatic heterocycles. The first-order valence-corrected chi connectivity index (χ1v) is 9.33. The normalized spacial score (nSPS) is 18.6. The van der Waals surface area contributed by atoms with Gasteiger partial charge in [0.2, 0.25) is 5.89 Å². The second kappa shape index (κ2) is 6.04. The number of anilines is 1. The van der Waals surface area contributed by atoms with Crippen molar-refractivity contribution in [2.75, 3.05) is 18.0 Å². The van der Waals surface area contributed by atoms with E-state index in [9.17, 15) is 4.39 Å². The zero-order valence-electron chi connectivity index (χ0n) is 14.8. The third-order valence-corrected chi connectivity index (χ3v) is 5.46. The largest absolute Gasteiger partial charge is 0.371 e. The van der Waals surface area contributed by atoms with Gasteiger partial charge in [-0.1, -0.05) is 5.16 Å². The summed E-state index contributed by atoms with van der Waals surface area (Å²) in [5.74, 6) is 2.28. The van der Waals surface area contributed by atoms with Crippen LogP contribution in [0.5, 0.6) is 0 Å². The van der Waals surface area contributed by atoms with Crippen LogP contribution in [0.25, 0.3) is 10.9 Å². The van der Waals surface area contributed by atoms with Crippen molar-refractivity contribution in [3.05, 3.63) is 47.5 Å². The summed E-state index contributed by atoms with van der Waals surface area (Å²) in [4.78, 5) is 11.5. The number of piperidine rings is 1. The Morgan fingerprint density at radius 2 is 1.85 bits per heavy atom. The number of nitrogens with zero attached hydrogens (tertiary/aromatic N) is 4. The molecule has 0 bridgehead atoms. The van der Waals surface area contributed by atoms with Crippen molar-refractivity contribution in [1.82, 2.24) is 15.1 Å². The molecule has 1 aliphatic carbocycles. The lowest BCUT2D eigenvalue weighted by Crippen LogP contribution is -2.33. The van der Waals surface area contributed by atoms with Crippen LogP contribution in [0, 0.1) is 12.7 Å². The van der Waals surface area contributed by atoms with E-state index in [2.05, 4.69) is 26.1 Å². The van der Waals surface area contributed by atoms with Crippen molar-refractivity contribution < 1.29 is 8.91 Å². The molecule has 0 N–H and O–H groups in total. The van der Waals surface area contributed by atoms with Crippen LogP contribution in [0.4, 0.5) is 10.1 Å². The Hall–Kier alpha value is -2.50. The van der Waals surface area contributed by atoms with Crippen LogP contribution in [0.3, 0.4) is 0 Å². The summed E-state index contributed by atoms with van der Waals surface area (Å²) in [5.41, 5.74) is 2.86. The third kappa shape index (κ3) is 2.83. The Morgan fingerprint density at radius 1 is 1.04 bits per heavy atom. The molecular formula is C20H21FN4O. The van der Waals surface area contributed by atoms with Gasteiger partial charge in [-0.25, -0.2) is 4.39 Å². The topological polar surface area (TPSA) is 55.1 Å². The van der Waals surface area contributed by atoms with Crippen molar-refractivity contribution >= 4 is 16.6 Å². The van der Waals surface area contributed by atoms with Crippen LogP contribution in [0.1, 0.15) is 54.9 Å². The molecule has 2 aliphatic rings. The number of halogens is 1. The number of aryl methyl sites for hydroxylation is 1. The highest BCUT2D eigenvalue weighted by atomic mass is 19.1. The zero-order valence-corrected chi connectivity index (χ0v) is 14.8. The van der Waals surface area contributed by atoms with Crippen LogP contribution >= 0.6 is 0 Å². The van der Waals surface area contributed by atoms with Gasteiger partial charge >= 0.3 is 0 Å². The predicted octanol–water partition coefficient (Wildman–Crippen LogP) is 4.33. The van der Waals surface area contributed by atoms with Crippen LogP contribution in [-0.2, 0) is 0 Å². The van der Waals surface area contributed by atoms with E-state index < -0.39 is 0 Å². The van der Waals surface area contributed by atoms with E-state index in [1.54, 1.807) is 12.1 Å². The van der Waals surface area contributed by atoms with Gasteiger partial charge in [0.05, 0.1) is 5.52 Å². The van der Waals surface area contributed by atoms with Gasteiger partial charge in [0.15, 0.2) is 5.82 Å². The van der Waals surface area contributed by atoms with Crippen LogP contribution in [0.15, 0.2) is 28.8 Å². The molecule has 1 aromatic carbocycles. The Bertz CT molecular complexity index is 958. The van der Waals surface area contributed by atoms with Crippen molar-refractivity contribution in [3.8, 4) is 0 Å². The fourth-order valence-electron chi connectivity index (χ4n) is 3.86. The molecule has 5 rings (SSSR count). The molecule has 1 saturated carbocycles. The van der Waals surface area contributed by atoms with Crippen molar-refractivity contribution in [2.45, 2.75) is 44.4 Å². The molecule has 26 heavy (non-hydrogen) atoms. The van der Waals surface area contributed by atoms with E-state index in [4.69, 9.17) is 4.52 Å². The zero-order chi connectivity index (χ0) is 17.7. The first-order chi connectivity index (χ1) is 12.7. The van der Waals surface area contributed by atoms with Gasteiger partial charge in [0, 0.05) is 41.7 Å². The fourth-order valence-corrected chi connectivity index (χ4v) is 3.86. The Balaban J connectivity index is 1.37. The minimum Gasteiger partial charge on any atom is -0.371 e. The van der Waals surface area contributed by atoms with Crippen molar-refractivity contribution in [1.29, 1.82) is 0 Å². The molecule has 1 aliphatic heterocycles. The molecule has 3 heterocycles. The van der Waals surface area contributed by atoms with E-state index >= 15 is 0 Å². The fraction of sp³-hybridized carbons (Fsp3) is 0.450. The molecular weight excluding hydrogens is 331 g/mol. The Kier molecular flexibility index (Phi) is 3.65. The van der Waals surface area contributed by atoms with Gasteiger partial charge < -0.3 is 9.42 Å². The molecule has 0 atom stereocenters. The van der Waals surface area contributed by atoms with Crippen LogP contribution in [0.2, 0.25) is 0 Å². The van der Waals surface area contributed by atoms with E-state index in [1.165, 1.54) is 18.9 Å². The predicted molar refractivity (Wildman–Crippen MR) is 96.9 cm³/mol. The van der Waals surface area contributed by atoms with E-state index in [-0.39, 0.29) is 5.82 Å². The first-order valence-electron chi connectivity index (χ1n) is 9.33. The highest BCUT2D eigenvalue weighted by Gasteiger charge is 2.32. The summed E-state index contributed by atoms with van der Waals surface area (Å²) in [5, 5.41) is 5.09. The average Bonchev–Trinajstić information content (AvgIpc) is 3.39. The SMILES string of the molecule is Cc1cc(N2CCC(c3noc(C4CC4)n3)CC2)c2cc(F)ccc2n1. The lowest BCUT2D eigenvalue weighted by molar-refractivity contribution is 0.365. The first kappa shape index (κ1) is 15.7. The molecule has 0 unspecified atom stereocenters. The number of hydrogen-bond donors (Lipinski definition) is 0. The monoisotopic (exact) mass is 352 g/mol. The number of hydrogen-bond acceptors (Lipinski definition) is 5. The van der Waals surface area contributed by atoms with Gasteiger partial charge in [-0.15, -0.1) is 0 Å². The molecule has 5 nitrogen and oxygen atoms in total. The maximum absolute atomic E-state index is 13.8. The number of fused-ring (bicyclic) bond motifs is 1. The maximum atomic E-state index is 13.8. The van der Waals surface area contributed by atoms with E-state index in [0.717, 1.165) is 59.9 Å². The standard InChI is InChI=1S/C20H21FN4O/c1-12-10-18(16-11-15(21)4-5-17(16)22-12)25-8-6-13(7-9-25)19-23-20(26-24-19)14-2-3-14/h4-5,10-11,13-14H,2-3,6-9H2,1H3. The number of aromatic nitrogens is 3. The van der Waals surface area contributed by atoms with Gasteiger partial charge in [-0.05, 0) is 56.9 Å². The maximum Gasteiger partial charge on any atom is 0.229 e. The second-order valence-corrected chi connectivity index (χ2v) is 7.47. The van der Waals surface area contributed by atoms with E-state index in [1.807, 2.05) is 6.92 Å². The van der Waals surface area contributed by atoms with Crippen molar-refractivity contribution in [3.63, 3.8) is 0 Å². The molecule has 6 heteroatoms. The Labute approximate surface area is 151 Å². The molecule has 134 valence electrons. The smallest absolute Gasteiger partial charge is 0.229 e. The lowest BCUT2D eigenvalue weighted by atomic mass is 9.95. The number of rotatable bonds is 3. The summed E-state index contributed by atoms with van der Waals surface area (Å²) in [7, 11) is 0. The second-order valence-electron chi connectivity index (χ2n) is 7.47. The minimum atomic E-state index is -0.223. The highest BCUT2D eigenvalue weighted by molar-refractivity contribution is 5.92. The van der Waals surface area contributed by atoms with Gasteiger partial charge in [0.1, 0.15) is 5.82 Å². The molecule has 1 saturated heterocycles. The quantitative estimate of drug-likeness (QED) is 0.702. The summed E-state index contributed by atoms with van der Waals surface area (Å²) >= 11 is 0. The lowest BCUT2D eigenvalue weighted by Gasteiger charge is -2.33. The summed E-state index contributed by atoms with van der Waals surface area (Å²) in [6.07, 6.45) is 4.29. The van der Waals surface area contributed by atoms with Gasteiger partial charge in [-0.2, -0.15) is 4.98 Å². The summed E-state index contributed by atoms with van der Waals surface area (Å²) < 4.78 is 19.2. The molecule has 0 amide bonds. The highest BCUT2D eigenvalue weighted by Crippen LogP contribution is 2.40.